The molecule has 0 aliphatic rings. The number of rotatable bonds is 3. The highest BCUT2D eigenvalue weighted by Gasteiger charge is 2.19. The lowest BCUT2D eigenvalue weighted by atomic mass is 10.0. The number of hydrogen-bond acceptors (Lipinski definition) is 0. The maximum absolute atomic E-state index is 13.6. The van der Waals surface area contributed by atoms with Crippen LogP contribution in [0.4, 0.5) is 22.0 Å². The van der Waals surface area contributed by atoms with E-state index in [1.807, 2.05) is 0 Å². The van der Waals surface area contributed by atoms with Gasteiger partial charge >= 0.3 is 0 Å². The highest BCUT2D eigenvalue weighted by molar-refractivity contribution is 9.09. The molecule has 2 aromatic carbocycles. The molecule has 0 spiro atoms. The highest BCUT2D eigenvalue weighted by Crippen LogP contribution is 2.31. The van der Waals surface area contributed by atoms with Crippen LogP contribution in [0.25, 0.3) is 0 Å². The van der Waals surface area contributed by atoms with Crippen LogP contribution in [-0.4, -0.2) is 0 Å². The lowest BCUT2D eigenvalue weighted by Crippen LogP contribution is -2.03. The van der Waals surface area contributed by atoms with Crippen molar-refractivity contribution >= 4 is 15.9 Å². The molecule has 0 aliphatic carbocycles. The molecular formula is C14H8BrF5. The predicted molar refractivity (Wildman–Crippen MR) is 68.0 cm³/mol. The molecular weight excluding hydrogens is 343 g/mol. The molecule has 0 saturated heterocycles. The van der Waals surface area contributed by atoms with Gasteiger partial charge in [0.25, 0.3) is 0 Å². The summed E-state index contributed by atoms with van der Waals surface area (Å²) in [5.74, 6) is -5.52. The lowest BCUT2D eigenvalue weighted by molar-refractivity contribution is 0.487. The minimum Gasteiger partial charge on any atom is -0.207 e. The van der Waals surface area contributed by atoms with Gasteiger partial charge in [0.05, 0.1) is 0 Å². The number of halogens is 6. The molecule has 0 amide bonds. The van der Waals surface area contributed by atoms with Gasteiger partial charge in [-0.15, -0.1) is 0 Å². The van der Waals surface area contributed by atoms with Crippen LogP contribution in [0.5, 0.6) is 0 Å². The van der Waals surface area contributed by atoms with Crippen molar-refractivity contribution in [3.05, 3.63) is 70.5 Å². The summed E-state index contributed by atoms with van der Waals surface area (Å²) in [5, 5.41) is 0. The lowest BCUT2D eigenvalue weighted by Gasteiger charge is -2.12. The van der Waals surface area contributed by atoms with Crippen LogP contribution in [0.1, 0.15) is 16.0 Å². The second-order valence-electron chi connectivity index (χ2n) is 4.17. The maximum Gasteiger partial charge on any atom is 0.162 e. The average molecular weight is 351 g/mol. The van der Waals surface area contributed by atoms with E-state index in [1.165, 1.54) is 12.1 Å². The van der Waals surface area contributed by atoms with Gasteiger partial charge in [-0.2, -0.15) is 0 Å². The highest BCUT2D eigenvalue weighted by atomic mass is 79.9. The quantitative estimate of drug-likeness (QED) is 0.412. The van der Waals surface area contributed by atoms with Gasteiger partial charge < -0.3 is 0 Å². The molecule has 106 valence electrons. The second-order valence-corrected chi connectivity index (χ2v) is 5.28. The molecule has 1 atom stereocenters. The molecule has 20 heavy (non-hydrogen) atoms. The first-order chi connectivity index (χ1) is 9.40. The van der Waals surface area contributed by atoms with E-state index in [4.69, 9.17) is 0 Å². The molecule has 2 rings (SSSR count). The maximum atomic E-state index is 13.6. The predicted octanol–water partition coefficient (Wildman–Crippen LogP) is 5.06. The topological polar surface area (TPSA) is 0 Å². The van der Waals surface area contributed by atoms with Gasteiger partial charge in [0.2, 0.25) is 0 Å². The first-order valence-corrected chi connectivity index (χ1v) is 6.53. The summed E-state index contributed by atoms with van der Waals surface area (Å²) in [7, 11) is 0. The minimum absolute atomic E-state index is 0.0102. The standard InChI is InChI=1S/C14H8BrF5/c15-9(4-7-2-1-3-10(16)14(7)20)8-5-12(18)13(19)6-11(8)17/h1-3,5-6,9H,4H2. The Kier molecular flexibility index (Phi) is 4.42. The van der Waals surface area contributed by atoms with Gasteiger partial charge in [-0.25, -0.2) is 22.0 Å². The largest absolute Gasteiger partial charge is 0.207 e. The fraction of sp³-hybridized carbons (Fsp3) is 0.143. The third-order valence-electron chi connectivity index (χ3n) is 2.81. The van der Waals surface area contributed by atoms with Crippen molar-refractivity contribution < 1.29 is 22.0 Å². The van der Waals surface area contributed by atoms with Crippen LogP contribution in [0.3, 0.4) is 0 Å². The molecule has 0 nitrogen and oxygen atoms in total. The van der Waals surface area contributed by atoms with Crippen molar-refractivity contribution in [2.24, 2.45) is 0 Å². The molecule has 0 aliphatic heterocycles. The molecule has 0 heterocycles. The Balaban J connectivity index is 2.31. The first kappa shape index (κ1) is 15.0. The van der Waals surface area contributed by atoms with Crippen LogP contribution in [0.2, 0.25) is 0 Å². The Morgan fingerprint density at radius 1 is 0.850 bits per heavy atom. The van der Waals surface area contributed by atoms with Crippen molar-refractivity contribution in [3.63, 3.8) is 0 Å². The summed E-state index contributed by atoms with van der Waals surface area (Å²) in [6.07, 6.45) is -0.106. The van der Waals surface area contributed by atoms with Crippen LogP contribution < -0.4 is 0 Å². The summed E-state index contributed by atoms with van der Waals surface area (Å²) < 4.78 is 66.0. The Morgan fingerprint density at radius 3 is 2.20 bits per heavy atom. The molecule has 0 saturated carbocycles. The van der Waals surface area contributed by atoms with Crippen molar-refractivity contribution in [2.75, 3.05) is 0 Å². The van der Waals surface area contributed by atoms with Crippen molar-refractivity contribution in [2.45, 2.75) is 11.2 Å². The monoisotopic (exact) mass is 350 g/mol. The van der Waals surface area contributed by atoms with Gasteiger partial charge in [0, 0.05) is 16.5 Å². The zero-order chi connectivity index (χ0) is 14.9. The fourth-order valence-electron chi connectivity index (χ4n) is 1.79. The van der Waals surface area contributed by atoms with Crippen LogP contribution >= 0.6 is 15.9 Å². The summed E-state index contributed by atoms with van der Waals surface area (Å²) in [4.78, 5) is -0.811. The first-order valence-electron chi connectivity index (χ1n) is 5.61. The summed E-state index contributed by atoms with van der Waals surface area (Å²) in [6.45, 7) is 0. The smallest absolute Gasteiger partial charge is 0.162 e. The van der Waals surface area contributed by atoms with Gasteiger partial charge in [-0.3, -0.25) is 0 Å². The normalized spacial score (nSPS) is 12.5. The average Bonchev–Trinajstić information content (AvgIpc) is 2.39. The molecule has 6 heteroatoms. The zero-order valence-electron chi connectivity index (χ0n) is 9.94. The van der Waals surface area contributed by atoms with E-state index >= 15 is 0 Å². The number of alkyl halides is 1. The molecule has 1 unspecified atom stereocenters. The van der Waals surface area contributed by atoms with Crippen LogP contribution in [0, 0.1) is 29.1 Å². The molecule has 0 aromatic heterocycles. The van der Waals surface area contributed by atoms with E-state index in [0.29, 0.717) is 12.1 Å². The SMILES string of the molecule is Fc1cc(F)c(C(Br)Cc2cccc(F)c2F)cc1F. The van der Waals surface area contributed by atoms with Gasteiger partial charge in [-0.05, 0) is 24.1 Å². The molecule has 0 bridgehead atoms. The third-order valence-corrected chi connectivity index (χ3v) is 3.62. The second kappa shape index (κ2) is 5.91. The van der Waals surface area contributed by atoms with Gasteiger partial charge in [0.15, 0.2) is 23.3 Å². The Hall–Kier alpha value is -1.43. The van der Waals surface area contributed by atoms with Crippen molar-refractivity contribution in [1.82, 2.24) is 0 Å². The minimum atomic E-state index is -1.30. The number of hydrogen-bond donors (Lipinski definition) is 0. The molecule has 0 radical (unpaired) electrons. The third kappa shape index (κ3) is 3.00. The molecule has 2 aromatic rings. The Bertz CT molecular complexity index is 642. The van der Waals surface area contributed by atoms with Crippen LogP contribution in [0.15, 0.2) is 30.3 Å². The summed E-state index contributed by atoms with van der Waals surface area (Å²) >= 11 is 3.07. The van der Waals surface area contributed by atoms with Crippen LogP contribution in [-0.2, 0) is 6.42 Å². The van der Waals surface area contributed by atoms with E-state index in [2.05, 4.69) is 15.9 Å². The fourth-order valence-corrected chi connectivity index (χ4v) is 2.49. The van der Waals surface area contributed by atoms with E-state index < -0.39 is 33.9 Å². The Labute approximate surface area is 120 Å². The van der Waals surface area contributed by atoms with Crippen molar-refractivity contribution in [1.29, 1.82) is 0 Å². The number of benzene rings is 2. The zero-order valence-corrected chi connectivity index (χ0v) is 11.5. The van der Waals surface area contributed by atoms with E-state index in [9.17, 15) is 22.0 Å². The summed E-state index contributed by atoms with van der Waals surface area (Å²) in [6, 6.07) is 4.72. The van der Waals surface area contributed by atoms with E-state index in [1.54, 1.807) is 0 Å². The molecule has 0 fully saturated rings. The van der Waals surface area contributed by atoms with Crippen molar-refractivity contribution in [3.8, 4) is 0 Å². The van der Waals surface area contributed by atoms with Gasteiger partial charge in [-0.1, -0.05) is 28.1 Å². The molecule has 0 N–H and O–H groups in total. The summed E-state index contributed by atoms with van der Waals surface area (Å²) in [5.41, 5.74) is -0.149. The van der Waals surface area contributed by atoms with E-state index in [0.717, 1.165) is 6.07 Å². The Morgan fingerprint density at radius 2 is 1.50 bits per heavy atom. The van der Waals surface area contributed by atoms with Gasteiger partial charge in [0.1, 0.15) is 5.82 Å². The van der Waals surface area contributed by atoms with E-state index in [-0.39, 0.29) is 17.5 Å².